The lowest BCUT2D eigenvalue weighted by Gasteiger charge is -2.27. The molecule has 3 aromatic rings. The first-order valence-corrected chi connectivity index (χ1v) is 10.00. The minimum Gasteiger partial charge on any atom is -0.478 e. The summed E-state index contributed by atoms with van der Waals surface area (Å²) in [7, 11) is 0. The van der Waals surface area contributed by atoms with Crippen LogP contribution in [0.25, 0.3) is 0 Å². The molecule has 31 heavy (non-hydrogen) atoms. The Hall–Kier alpha value is -3.68. The number of halogens is 1. The Balaban J connectivity index is 1.70. The number of pyridine rings is 2. The molecule has 1 aliphatic rings. The lowest BCUT2D eigenvalue weighted by molar-refractivity contribution is 0.0697. The summed E-state index contributed by atoms with van der Waals surface area (Å²) in [5.74, 6) is -0.519. The number of carboxylic acid groups (broad SMARTS) is 1. The second kappa shape index (κ2) is 9.42. The standard InChI is InChI=1S/C23H22FN3O4/c24-14-30-20-10-9-19(27-22(20)31-18-7-2-8-18)21(16-5-3-11-25-13-16)26-17-6-1-4-15(12-17)23(28)29/h1,3-6,9-13,18,21,26H,2,7-8,14H2,(H,28,29). The second-order valence-corrected chi connectivity index (χ2v) is 7.21. The number of anilines is 1. The first-order valence-electron chi connectivity index (χ1n) is 10.00. The van der Waals surface area contributed by atoms with Crippen LogP contribution in [0.2, 0.25) is 0 Å². The van der Waals surface area contributed by atoms with E-state index >= 15 is 0 Å². The first kappa shape index (κ1) is 20.6. The number of carboxylic acids is 1. The Bertz CT molecular complexity index is 1040. The summed E-state index contributed by atoms with van der Waals surface area (Å²) < 4.78 is 23.8. The summed E-state index contributed by atoms with van der Waals surface area (Å²) in [4.78, 5) is 20.2. The van der Waals surface area contributed by atoms with Crippen LogP contribution in [0, 0.1) is 0 Å². The van der Waals surface area contributed by atoms with E-state index in [4.69, 9.17) is 9.47 Å². The van der Waals surface area contributed by atoms with Crippen molar-refractivity contribution < 1.29 is 23.8 Å². The fraction of sp³-hybridized carbons (Fsp3) is 0.261. The van der Waals surface area contributed by atoms with Crippen LogP contribution in [0.3, 0.4) is 0 Å². The molecule has 7 nitrogen and oxygen atoms in total. The molecule has 2 aromatic heterocycles. The Morgan fingerprint density at radius 3 is 2.77 bits per heavy atom. The second-order valence-electron chi connectivity index (χ2n) is 7.21. The zero-order valence-electron chi connectivity index (χ0n) is 16.7. The number of alkyl halides is 1. The van der Waals surface area contributed by atoms with E-state index in [0.717, 1.165) is 24.8 Å². The third-order valence-corrected chi connectivity index (χ3v) is 5.12. The van der Waals surface area contributed by atoms with E-state index < -0.39 is 18.9 Å². The van der Waals surface area contributed by atoms with Crippen LogP contribution in [0.5, 0.6) is 11.6 Å². The summed E-state index contributed by atoms with van der Waals surface area (Å²) in [6, 6.07) is 13.2. The van der Waals surface area contributed by atoms with Crippen LogP contribution in [-0.4, -0.2) is 34.0 Å². The van der Waals surface area contributed by atoms with Crippen LogP contribution in [0.1, 0.15) is 46.9 Å². The Morgan fingerprint density at radius 2 is 2.10 bits per heavy atom. The van der Waals surface area contributed by atoms with Crippen molar-refractivity contribution in [2.75, 3.05) is 12.2 Å². The highest BCUT2D eigenvalue weighted by Gasteiger charge is 2.24. The molecule has 2 N–H and O–H groups in total. The number of aromatic nitrogens is 2. The summed E-state index contributed by atoms with van der Waals surface area (Å²) in [5, 5.41) is 12.6. The van der Waals surface area contributed by atoms with Gasteiger partial charge in [0.15, 0.2) is 5.75 Å². The van der Waals surface area contributed by atoms with Gasteiger partial charge in [-0.3, -0.25) is 4.98 Å². The highest BCUT2D eigenvalue weighted by Crippen LogP contribution is 2.34. The van der Waals surface area contributed by atoms with Gasteiger partial charge >= 0.3 is 5.97 Å². The average molecular weight is 423 g/mol. The molecule has 1 aromatic carbocycles. The normalized spacial score (nSPS) is 14.4. The van der Waals surface area contributed by atoms with Gasteiger partial charge in [0, 0.05) is 18.1 Å². The molecule has 1 atom stereocenters. The van der Waals surface area contributed by atoms with Gasteiger partial charge in [0.05, 0.1) is 17.3 Å². The van der Waals surface area contributed by atoms with Crippen molar-refractivity contribution in [1.82, 2.24) is 9.97 Å². The maximum atomic E-state index is 12.8. The van der Waals surface area contributed by atoms with Gasteiger partial charge in [0.1, 0.15) is 6.10 Å². The maximum Gasteiger partial charge on any atom is 0.335 e. The monoisotopic (exact) mass is 423 g/mol. The van der Waals surface area contributed by atoms with Crippen LogP contribution >= 0.6 is 0 Å². The van der Waals surface area contributed by atoms with Gasteiger partial charge in [0.25, 0.3) is 5.88 Å². The van der Waals surface area contributed by atoms with Crippen molar-refractivity contribution in [3.05, 3.63) is 77.7 Å². The molecule has 0 radical (unpaired) electrons. The minimum absolute atomic E-state index is 0.0433. The number of carbonyl (C=O) groups is 1. The number of hydrogen-bond donors (Lipinski definition) is 2. The van der Waals surface area contributed by atoms with Crippen molar-refractivity contribution in [3.63, 3.8) is 0 Å². The van der Waals surface area contributed by atoms with E-state index in [0.29, 0.717) is 11.4 Å². The molecular formula is C23H22FN3O4. The van der Waals surface area contributed by atoms with Crippen LogP contribution in [0.15, 0.2) is 60.9 Å². The molecule has 1 unspecified atom stereocenters. The number of benzene rings is 1. The van der Waals surface area contributed by atoms with Crippen molar-refractivity contribution in [3.8, 4) is 11.6 Å². The third kappa shape index (κ3) is 4.91. The van der Waals surface area contributed by atoms with E-state index in [1.54, 1.807) is 42.7 Å². The number of aromatic carboxylic acids is 1. The zero-order chi connectivity index (χ0) is 21.6. The molecule has 1 aliphatic carbocycles. The van der Waals surface area contributed by atoms with Gasteiger partial charge in [-0.1, -0.05) is 12.1 Å². The molecule has 2 heterocycles. The fourth-order valence-electron chi connectivity index (χ4n) is 3.29. The molecular weight excluding hydrogens is 401 g/mol. The number of rotatable bonds is 9. The first-order chi connectivity index (χ1) is 15.1. The minimum atomic E-state index is -1.01. The number of nitrogens with zero attached hydrogens (tertiary/aromatic N) is 2. The zero-order valence-corrected chi connectivity index (χ0v) is 16.7. The molecule has 160 valence electrons. The summed E-state index contributed by atoms with van der Waals surface area (Å²) in [6.07, 6.45) is 6.35. The van der Waals surface area contributed by atoms with Crippen LogP contribution < -0.4 is 14.8 Å². The van der Waals surface area contributed by atoms with Crippen molar-refractivity contribution in [2.45, 2.75) is 31.4 Å². The van der Waals surface area contributed by atoms with E-state index in [1.807, 2.05) is 12.1 Å². The molecule has 1 fully saturated rings. The molecule has 0 amide bonds. The molecule has 0 saturated heterocycles. The number of nitrogens with one attached hydrogen (secondary N) is 1. The summed E-state index contributed by atoms with van der Waals surface area (Å²) >= 11 is 0. The quantitative estimate of drug-likeness (QED) is 0.519. The van der Waals surface area contributed by atoms with E-state index in [9.17, 15) is 14.3 Å². The fourth-order valence-corrected chi connectivity index (χ4v) is 3.29. The SMILES string of the molecule is O=C(O)c1cccc(NC(c2cccnc2)c2ccc(OCF)c(OC3CCC3)n2)c1. The smallest absolute Gasteiger partial charge is 0.335 e. The number of ether oxygens (including phenoxy) is 2. The highest BCUT2D eigenvalue weighted by atomic mass is 19.1. The van der Waals surface area contributed by atoms with Crippen molar-refractivity contribution >= 4 is 11.7 Å². The van der Waals surface area contributed by atoms with Gasteiger partial charge in [-0.15, -0.1) is 0 Å². The summed E-state index contributed by atoms with van der Waals surface area (Å²) in [6.45, 7) is -0.978. The predicted octanol–water partition coefficient (Wildman–Crippen LogP) is 4.61. The third-order valence-electron chi connectivity index (χ3n) is 5.12. The topological polar surface area (TPSA) is 93.6 Å². The maximum absolute atomic E-state index is 12.8. The van der Waals surface area contributed by atoms with Gasteiger partial charge < -0.3 is 19.9 Å². The van der Waals surface area contributed by atoms with Crippen molar-refractivity contribution in [1.29, 1.82) is 0 Å². The van der Waals surface area contributed by atoms with Gasteiger partial charge in [-0.2, -0.15) is 0 Å². The lowest BCUT2D eigenvalue weighted by atomic mass is 9.96. The van der Waals surface area contributed by atoms with Gasteiger partial charge in [-0.05, 0) is 61.2 Å². The average Bonchev–Trinajstić information content (AvgIpc) is 2.76. The highest BCUT2D eigenvalue weighted by molar-refractivity contribution is 5.88. The van der Waals surface area contributed by atoms with Gasteiger partial charge in [0.2, 0.25) is 6.86 Å². The molecule has 0 spiro atoms. The Labute approximate surface area is 178 Å². The van der Waals surface area contributed by atoms with Crippen molar-refractivity contribution in [2.24, 2.45) is 0 Å². The molecule has 8 heteroatoms. The Morgan fingerprint density at radius 1 is 1.23 bits per heavy atom. The van der Waals surface area contributed by atoms with E-state index in [2.05, 4.69) is 15.3 Å². The molecule has 1 saturated carbocycles. The summed E-state index contributed by atoms with van der Waals surface area (Å²) in [5.41, 5.74) is 2.21. The van der Waals surface area contributed by atoms with E-state index in [-0.39, 0.29) is 23.3 Å². The van der Waals surface area contributed by atoms with Crippen LogP contribution in [0.4, 0.5) is 10.1 Å². The molecule has 0 aliphatic heterocycles. The largest absolute Gasteiger partial charge is 0.478 e. The lowest BCUT2D eigenvalue weighted by Crippen LogP contribution is -2.25. The van der Waals surface area contributed by atoms with Gasteiger partial charge in [-0.25, -0.2) is 14.2 Å². The van der Waals surface area contributed by atoms with E-state index in [1.165, 1.54) is 6.07 Å². The Kier molecular flexibility index (Phi) is 6.26. The predicted molar refractivity (Wildman–Crippen MR) is 112 cm³/mol. The van der Waals surface area contributed by atoms with Crippen LogP contribution in [-0.2, 0) is 0 Å². The molecule has 0 bridgehead atoms. The molecule has 4 rings (SSSR count). The number of hydrogen-bond acceptors (Lipinski definition) is 6.